The molecule has 0 amide bonds. The number of nitrogens with two attached hydrogens (primary N) is 1. The Morgan fingerprint density at radius 2 is 2.22 bits per heavy atom. The van der Waals surface area contributed by atoms with Crippen LogP contribution in [0.15, 0.2) is 30.3 Å². The lowest BCUT2D eigenvalue weighted by molar-refractivity contribution is 0.260. The quantitative estimate of drug-likeness (QED) is 0.839. The lowest BCUT2D eigenvalue weighted by Gasteiger charge is -2.28. The van der Waals surface area contributed by atoms with Crippen LogP contribution in [0.1, 0.15) is 17.9 Å². The van der Waals surface area contributed by atoms with Crippen LogP contribution in [0.5, 0.6) is 0 Å². The van der Waals surface area contributed by atoms with E-state index in [1.807, 2.05) is 30.0 Å². The molecule has 1 saturated heterocycles. The van der Waals surface area contributed by atoms with Gasteiger partial charge in [0.25, 0.3) is 0 Å². The number of hydrogen-bond acceptors (Lipinski definition) is 3. The zero-order chi connectivity index (χ0) is 13.0. The number of benzene rings is 1. The molecule has 18 heavy (non-hydrogen) atoms. The van der Waals surface area contributed by atoms with E-state index in [0.717, 1.165) is 6.54 Å². The Kier molecular flexibility index (Phi) is 5.03. The Balaban J connectivity index is 2.04. The second kappa shape index (κ2) is 6.55. The molecule has 0 saturated carbocycles. The molecule has 1 fully saturated rings. The van der Waals surface area contributed by atoms with Crippen LogP contribution in [-0.4, -0.2) is 41.0 Å². The highest BCUT2D eigenvalue weighted by molar-refractivity contribution is 7.99. The lowest BCUT2D eigenvalue weighted by Crippen LogP contribution is -2.38. The monoisotopic (exact) mass is 280 g/mol. The Morgan fingerprint density at radius 1 is 1.50 bits per heavy atom. The second-order valence-corrected chi connectivity index (χ2v) is 6.44. The van der Waals surface area contributed by atoms with Crippen molar-refractivity contribution in [3.05, 3.63) is 35.9 Å². The lowest BCUT2D eigenvalue weighted by atomic mass is 9.98. The average molecular weight is 280 g/mol. The van der Waals surface area contributed by atoms with Gasteiger partial charge in [0.15, 0.2) is 0 Å². The maximum atomic E-state index is 5.92. The highest BCUT2D eigenvalue weighted by Crippen LogP contribution is 2.24. The SMILES string of the molecule is CN(CC(C(N)=S)c1ccccc1)C1CCSC1. The minimum atomic E-state index is 0.164. The van der Waals surface area contributed by atoms with Crippen LogP contribution in [0.3, 0.4) is 0 Å². The summed E-state index contributed by atoms with van der Waals surface area (Å²) in [5, 5.41) is 0. The molecule has 2 unspecified atom stereocenters. The second-order valence-electron chi connectivity index (χ2n) is 4.82. The third kappa shape index (κ3) is 3.46. The summed E-state index contributed by atoms with van der Waals surface area (Å²) in [6.45, 7) is 0.921. The van der Waals surface area contributed by atoms with Crippen molar-refractivity contribution < 1.29 is 0 Å². The standard InChI is InChI=1S/C14H20N2S2/c1-16(12-7-8-18-10-12)9-13(14(15)17)11-5-3-2-4-6-11/h2-6,12-13H,7-10H2,1H3,(H2,15,17). The van der Waals surface area contributed by atoms with E-state index in [0.29, 0.717) is 11.0 Å². The first-order valence-corrected chi connectivity index (χ1v) is 7.87. The van der Waals surface area contributed by atoms with Gasteiger partial charge >= 0.3 is 0 Å². The Hall–Kier alpha value is -0.580. The first-order chi connectivity index (χ1) is 8.68. The van der Waals surface area contributed by atoms with Gasteiger partial charge in [-0.2, -0.15) is 11.8 Å². The van der Waals surface area contributed by atoms with Crippen LogP contribution in [0.25, 0.3) is 0 Å². The summed E-state index contributed by atoms with van der Waals surface area (Å²) >= 11 is 7.27. The molecular weight excluding hydrogens is 260 g/mol. The van der Waals surface area contributed by atoms with Crippen LogP contribution in [0.2, 0.25) is 0 Å². The van der Waals surface area contributed by atoms with Crippen LogP contribution in [0.4, 0.5) is 0 Å². The van der Waals surface area contributed by atoms with E-state index in [4.69, 9.17) is 18.0 Å². The first kappa shape index (κ1) is 13.8. The Morgan fingerprint density at radius 3 is 2.78 bits per heavy atom. The molecule has 0 spiro atoms. The van der Waals surface area contributed by atoms with Gasteiger partial charge in [-0.25, -0.2) is 0 Å². The molecule has 0 aliphatic carbocycles. The highest BCUT2D eigenvalue weighted by atomic mass is 32.2. The molecule has 1 aliphatic rings. The van der Waals surface area contributed by atoms with Crippen molar-refractivity contribution in [2.24, 2.45) is 5.73 Å². The Bertz CT molecular complexity index is 388. The van der Waals surface area contributed by atoms with Gasteiger partial charge in [-0.15, -0.1) is 0 Å². The van der Waals surface area contributed by atoms with E-state index in [-0.39, 0.29) is 5.92 Å². The first-order valence-electron chi connectivity index (χ1n) is 6.30. The number of thioether (sulfide) groups is 1. The van der Waals surface area contributed by atoms with E-state index in [9.17, 15) is 0 Å². The van der Waals surface area contributed by atoms with Gasteiger partial charge in [0.1, 0.15) is 0 Å². The summed E-state index contributed by atoms with van der Waals surface area (Å²) in [6, 6.07) is 11.0. The topological polar surface area (TPSA) is 29.3 Å². The third-order valence-electron chi connectivity index (χ3n) is 3.54. The van der Waals surface area contributed by atoms with Crippen LogP contribution < -0.4 is 5.73 Å². The largest absolute Gasteiger partial charge is 0.393 e. The summed E-state index contributed by atoms with van der Waals surface area (Å²) < 4.78 is 0. The van der Waals surface area contributed by atoms with Gasteiger partial charge in [0, 0.05) is 24.3 Å². The van der Waals surface area contributed by atoms with E-state index in [2.05, 4.69) is 24.1 Å². The van der Waals surface area contributed by atoms with Gasteiger partial charge in [-0.05, 0) is 24.8 Å². The summed E-state index contributed by atoms with van der Waals surface area (Å²) in [6.07, 6.45) is 1.28. The Labute approximate surface area is 119 Å². The van der Waals surface area contributed by atoms with E-state index in [1.165, 1.54) is 23.5 Å². The summed E-state index contributed by atoms with van der Waals surface area (Å²) in [4.78, 5) is 3.01. The molecule has 1 aromatic rings. The molecule has 1 aromatic carbocycles. The third-order valence-corrected chi connectivity index (χ3v) is 4.97. The molecule has 0 radical (unpaired) electrons. The molecule has 2 nitrogen and oxygen atoms in total. The summed E-state index contributed by atoms with van der Waals surface area (Å²) in [7, 11) is 2.19. The van der Waals surface area contributed by atoms with E-state index < -0.39 is 0 Å². The molecule has 2 N–H and O–H groups in total. The number of likely N-dealkylation sites (N-methyl/N-ethyl adjacent to an activating group) is 1. The molecule has 1 heterocycles. The molecule has 0 aromatic heterocycles. The number of hydrogen-bond donors (Lipinski definition) is 1. The van der Waals surface area contributed by atoms with Gasteiger partial charge in [0.05, 0.1) is 4.99 Å². The van der Waals surface area contributed by atoms with Crippen LogP contribution >= 0.6 is 24.0 Å². The van der Waals surface area contributed by atoms with Crippen LogP contribution in [0, 0.1) is 0 Å². The maximum absolute atomic E-state index is 5.92. The van der Waals surface area contributed by atoms with Crippen molar-refractivity contribution in [1.29, 1.82) is 0 Å². The van der Waals surface area contributed by atoms with Gasteiger partial charge in [-0.1, -0.05) is 42.5 Å². The van der Waals surface area contributed by atoms with Crippen molar-refractivity contribution in [1.82, 2.24) is 4.90 Å². The molecule has 2 atom stereocenters. The van der Waals surface area contributed by atoms with E-state index >= 15 is 0 Å². The molecule has 4 heteroatoms. The predicted octanol–water partition coefficient (Wildman–Crippen LogP) is 2.49. The number of rotatable bonds is 5. The van der Waals surface area contributed by atoms with Gasteiger partial charge in [-0.3, -0.25) is 0 Å². The minimum absolute atomic E-state index is 0.164. The normalized spacial score (nSPS) is 21.1. The zero-order valence-electron chi connectivity index (χ0n) is 10.7. The number of thiocarbonyl (C=S) groups is 1. The highest BCUT2D eigenvalue weighted by Gasteiger charge is 2.24. The molecule has 0 bridgehead atoms. The fourth-order valence-corrected chi connectivity index (χ4v) is 3.86. The van der Waals surface area contributed by atoms with Gasteiger partial charge < -0.3 is 10.6 Å². The predicted molar refractivity (Wildman–Crippen MR) is 84.3 cm³/mol. The van der Waals surface area contributed by atoms with Crippen molar-refractivity contribution in [2.45, 2.75) is 18.4 Å². The minimum Gasteiger partial charge on any atom is -0.393 e. The zero-order valence-corrected chi connectivity index (χ0v) is 12.3. The average Bonchev–Trinajstić information content (AvgIpc) is 2.90. The van der Waals surface area contributed by atoms with Crippen molar-refractivity contribution >= 4 is 29.0 Å². The van der Waals surface area contributed by atoms with Crippen molar-refractivity contribution in [3.8, 4) is 0 Å². The fraction of sp³-hybridized carbons (Fsp3) is 0.500. The van der Waals surface area contributed by atoms with Crippen molar-refractivity contribution in [3.63, 3.8) is 0 Å². The van der Waals surface area contributed by atoms with E-state index in [1.54, 1.807) is 0 Å². The smallest absolute Gasteiger partial charge is 0.0816 e. The van der Waals surface area contributed by atoms with Crippen molar-refractivity contribution in [2.75, 3.05) is 25.1 Å². The molecular formula is C14H20N2S2. The number of nitrogens with zero attached hydrogens (tertiary/aromatic N) is 1. The fourth-order valence-electron chi connectivity index (χ4n) is 2.35. The maximum Gasteiger partial charge on any atom is 0.0816 e. The molecule has 98 valence electrons. The summed E-state index contributed by atoms with van der Waals surface area (Å²) in [5.74, 6) is 2.67. The van der Waals surface area contributed by atoms with Gasteiger partial charge in [0.2, 0.25) is 0 Å². The summed E-state index contributed by atoms with van der Waals surface area (Å²) in [5.41, 5.74) is 7.14. The van der Waals surface area contributed by atoms with Crippen LogP contribution in [-0.2, 0) is 0 Å². The molecule has 2 rings (SSSR count). The molecule has 1 aliphatic heterocycles.